The Labute approximate surface area is 142 Å². The molecule has 0 aromatic carbocycles. The first-order valence-electron chi connectivity index (χ1n) is 8.44. The minimum absolute atomic E-state index is 0.00400. The van der Waals surface area contributed by atoms with Crippen LogP contribution in [0.2, 0.25) is 0 Å². The first-order chi connectivity index (χ1) is 11.4. The van der Waals surface area contributed by atoms with E-state index in [0.29, 0.717) is 24.4 Å². The van der Waals surface area contributed by atoms with Gasteiger partial charge in [0.25, 0.3) is 5.91 Å². The molecular weight excluding hydrogens is 304 g/mol. The van der Waals surface area contributed by atoms with Crippen LogP contribution in [0.25, 0.3) is 0 Å². The van der Waals surface area contributed by atoms with Gasteiger partial charge < -0.3 is 9.42 Å². The highest BCUT2D eigenvalue weighted by Crippen LogP contribution is 2.29. The van der Waals surface area contributed by atoms with E-state index < -0.39 is 0 Å². The molecule has 2 aromatic heterocycles. The highest BCUT2D eigenvalue weighted by molar-refractivity contribution is 5.96. The normalized spacial score (nSPS) is 17.8. The zero-order chi connectivity index (χ0) is 17.4. The average Bonchev–Trinajstić information content (AvgIpc) is 3.12. The van der Waals surface area contributed by atoms with E-state index in [1.54, 1.807) is 6.92 Å². The van der Waals surface area contributed by atoms with Crippen molar-refractivity contribution in [2.24, 2.45) is 0 Å². The highest BCUT2D eigenvalue weighted by Gasteiger charge is 2.33. The van der Waals surface area contributed by atoms with Gasteiger partial charge in [0.2, 0.25) is 0 Å². The smallest absolute Gasteiger partial charge is 0.259 e. The van der Waals surface area contributed by atoms with E-state index in [2.05, 4.69) is 15.1 Å². The topological polar surface area (TPSA) is 72.1 Å². The molecule has 1 saturated heterocycles. The molecule has 24 heavy (non-hydrogen) atoms. The third-order valence-electron chi connectivity index (χ3n) is 4.49. The fraction of sp³-hybridized carbons (Fsp3) is 0.556. The molecule has 0 radical (unpaired) electrons. The number of amides is 1. The summed E-state index contributed by atoms with van der Waals surface area (Å²) in [6.45, 7) is 11.1. The molecule has 3 heterocycles. The molecule has 6 nitrogen and oxygen atoms in total. The standard InChI is InChI=1S/C18H24N4O2/c1-10(2)16-15(13(5)24-21-16)18(23)22-7-6-14(9-22)17-19-11(3)8-12(4)20-17/h8,10,14H,6-7,9H2,1-5H3/t14-/m1/s1. The number of likely N-dealkylation sites (tertiary alicyclic amines) is 1. The molecular formula is C18H24N4O2. The van der Waals surface area contributed by atoms with Crippen molar-refractivity contribution in [3.63, 3.8) is 0 Å². The van der Waals surface area contributed by atoms with Gasteiger partial charge in [0.1, 0.15) is 17.1 Å². The van der Waals surface area contributed by atoms with Crippen molar-refractivity contribution in [1.29, 1.82) is 0 Å². The van der Waals surface area contributed by atoms with Crippen LogP contribution >= 0.6 is 0 Å². The maximum absolute atomic E-state index is 13.0. The molecule has 0 spiro atoms. The lowest BCUT2D eigenvalue weighted by Gasteiger charge is -2.17. The van der Waals surface area contributed by atoms with Gasteiger partial charge in [0, 0.05) is 30.4 Å². The molecule has 1 fully saturated rings. The molecule has 1 amide bonds. The van der Waals surface area contributed by atoms with Crippen molar-refractivity contribution < 1.29 is 9.32 Å². The minimum Gasteiger partial charge on any atom is -0.361 e. The van der Waals surface area contributed by atoms with E-state index >= 15 is 0 Å². The second kappa shape index (κ2) is 6.34. The lowest BCUT2D eigenvalue weighted by atomic mass is 10.0. The summed E-state index contributed by atoms with van der Waals surface area (Å²) < 4.78 is 5.26. The SMILES string of the molecule is Cc1cc(C)nc([C@@H]2CCN(C(=O)c3c(C(C)C)noc3C)C2)n1. The highest BCUT2D eigenvalue weighted by atomic mass is 16.5. The average molecular weight is 328 g/mol. The van der Waals surface area contributed by atoms with Gasteiger partial charge in [-0.05, 0) is 39.2 Å². The first kappa shape index (κ1) is 16.6. The quantitative estimate of drug-likeness (QED) is 0.865. The molecule has 0 N–H and O–H groups in total. The monoisotopic (exact) mass is 328 g/mol. The zero-order valence-electron chi connectivity index (χ0n) is 15.0. The van der Waals surface area contributed by atoms with Crippen molar-refractivity contribution in [2.45, 2.75) is 52.9 Å². The number of carbonyl (C=O) groups is 1. The summed E-state index contributed by atoms with van der Waals surface area (Å²) in [5.74, 6) is 1.78. The Kier molecular flexibility index (Phi) is 4.39. The molecule has 1 aliphatic rings. The molecule has 1 atom stereocenters. The summed E-state index contributed by atoms with van der Waals surface area (Å²) in [6.07, 6.45) is 0.885. The van der Waals surface area contributed by atoms with E-state index in [-0.39, 0.29) is 17.7 Å². The Morgan fingerprint density at radius 1 is 1.25 bits per heavy atom. The Balaban J connectivity index is 1.81. The predicted molar refractivity (Wildman–Crippen MR) is 90.1 cm³/mol. The number of carbonyl (C=O) groups excluding carboxylic acids is 1. The number of aromatic nitrogens is 3. The molecule has 6 heteroatoms. The van der Waals surface area contributed by atoms with Crippen LogP contribution < -0.4 is 0 Å². The van der Waals surface area contributed by atoms with Gasteiger partial charge in [-0.15, -0.1) is 0 Å². The van der Waals surface area contributed by atoms with Gasteiger partial charge in [0.05, 0.1) is 5.69 Å². The molecule has 0 bridgehead atoms. The number of hydrogen-bond donors (Lipinski definition) is 0. The van der Waals surface area contributed by atoms with E-state index in [9.17, 15) is 4.79 Å². The van der Waals surface area contributed by atoms with Crippen molar-refractivity contribution in [3.8, 4) is 0 Å². The van der Waals surface area contributed by atoms with Crippen LogP contribution in [0.15, 0.2) is 10.6 Å². The maximum atomic E-state index is 13.0. The van der Waals surface area contributed by atoms with Gasteiger partial charge in [-0.25, -0.2) is 9.97 Å². The van der Waals surface area contributed by atoms with Gasteiger partial charge in [0.15, 0.2) is 0 Å². The number of nitrogens with zero attached hydrogens (tertiary/aromatic N) is 4. The van der Waals surface area contributed by atoms with Crippen molar-refractivity contribution >= 4 is 5.91 Å². The number of hydrogen-bond acceptors (Lipinski definition) is 5. The van der Waals surface area contributed by atoms with E-state index in [0.717, 1.165) is 29.3 Å². The molecule has 2 aromatic rings. The molecule has 0 aliphatic carbocycles. The summed E-state index contributed by atoms with van der Waals surface area (Å²) in [5, 5.41) is 4.06. The molecule has 128 valence electrons. The van der Waals surface area contributed by atoms with Crippen LogP contribution in [0.3, 0.4) is 0 Å². The van der Waals surface area contributed by atoms with Crippen LogP contribution in [0, 0.1) is 20.8 Å². The largest absolute Gasteiger partial charge is 0.361 e. The summed E-state index contributed by atoms with van der Waals surface area (Å²) in [5.41, 5.74) is 3.30. The maximum Gasteiger partial charge on any atom is 0.259 e. The van der Waals surface area contributed by atoms with Gasteiger partial charge in [-0.1, -0.05) is 19.0 Å². The summed E-state index contributed by atoms with van der Waals surface area (Å²) in [4.78, 5) is 23.9. The summed E-state index contributed by atoms with van der Waals surface area (Å²) in [6, 6.07) is 1.97. The van der Waals surface area contributed by atoms with Gasteiger partial charge in [-0.3, -0.25) is 4.79 Å². The fourth-order valence-corrected chi connectivity index (χ4v) is 3.29. The van der Waals surface area contributed by atoms with Crippen molar-refractivity contribution in [3.05, 3.63) is 40.3 Å². The Morgan fingerprint density at radius 2 is 1.92 bits per heavy atom. The van der Waals surface area contributed by atoms with Gasteiger partial charge >= 0.3 is 0 Å². The van der Waals surface area contributed by atoms with Crippen molar-refractivity contribution in [2.75, 3.05) is 13.1 Å². The van der Waals surface area contributed by atoms with Crippen molar-refractivity contribution in [1.82, 2.24) is 20.0 Å². The van der Waals surface area contributed by atoms with Crippen LogP contribution in [-0.4, -0.2) is 39.0 Å². The lowest BCUT2D eigenvalue weighted by molar-refractivity contribution is 0.0787. The van der Waals surface area contributed by atoms with E-state index in [4.69, 9.17) is 4.52 Å². The molecule has 1 aliphatic heterocycles. The Morgan fingerprint density at radius 3 is 2.54 bits per heavy atom. The third-order valence-corrected chi connectivity index (χ3v) is 4.49. The van der Waals surface area contributed by atoms with Gasteiger partial charge in [-0.2, -0.15) is 0 Å². The minimum atomic E-state index is 0.00400. The Hall–Kier alpha value is -2.24. The molecule has 0 unspecified atom stereocenters. The first-order valence-corrected chi connectivity index (χ1v) is 8.44. The van der Waals surface area contributed by atoms with Crippen LogP contribution in [0.4, 0.5) is 0 Å². The molecule has 3 rings (SSSR count). The Bertz CT molecular complexity index is 746. The second-order valence-corrected chi connectivity index (χ2v) is 6.90. The zero-order valence-corrected chi connectivity index (χ0v) is 15.0. The lowest BCUT2D eigenvalue weighted by Crippen LogP contribution is -2.29. The van der Waals surface area contributed by atoms with Crippen LogP contribution in [0.5, 0.6) is 0 Å². The number of rotatable bonds is 3. The predicted octanol–water partition coefficient (Wildman–Crippen LogP) is 3.14. The summed E-state index contributed by atoms with van der Waals surface area (Å²) in [7, 11) is 0. The van der Waals surface area contributed by atoms with Crippen LogP contribution in [-0.2, 0) is 0 Å². The van der Waals surface area contributed by atoms with E-state index in [1.807, 2.05) is 38.7 Å². The van der Waals surface area contributed by atoms with E-state index in [1.165, 1.54) is 0 Å². The number of aryl methyl sites for hydroxylation is 3. The molecule has 0 saturated carbocycles. The second-order valence-electron chi connectivity index (χ2n) is 6.90. The third kappa shape index (κ3) is 3.05. The fourth-order valence-electron chi connectivity index (χ4n) is 3.29. The summed E-state index contributed by atoms with van der Waals surface area (Å²) >= 11 is 0. The van der Waals surface area contributed by atoms with Crippen LogP contribution in [0.1, 0.15) is 71.1 Å².